The van der Waals surface area contributed by atoms with Gasteiger partial charge in [-0.05, 0) is 19.4 Å². The first-order chi connectivity index (χ1) is 6.65. The van der Waals surface area contributed by atoms with Crippen LogP contribution in [0.3, 0.4) is 0 Å². The Morgan fingerprint density at radius 1 is 1.29 bits per heavy atom. The molecule has 78 valence electrons. The first-order valence-corrected chi connectivity index (χ1v) is 5.26. The smallest absolute Gasteiger partial charge is 0.0441 e. The summed E-state index contributed by atoms with van der Waals surface area (Å²) in [6, 6.07) is 6.25. The highest BCUT2D eigenvalue weighted by atomic mass is 32.1. The standard InChI is InChI=1S/C10H13NS.C2H6/c1-7-4-5-10(8(2)6-7)9(3)11-12;1-2/h4-6,11-12H,3H2,1-2H3;1-2H3. The first-order valence-electron chi connectivity index (χ1n) is 4.82. The molecule has 0 unspecified atom stereocenters. The zero-order chi connectivity index (χ0) is 11.1. The summed E-state index contributed by atoms with van der Waals surface area (Å²) in [5, 5.41) is 0. The van der Waals surface area contributed by atoms with Crippen molar-refractivity contribution >= 4 is 18.5 Å². The van der Waals surface area contributed by atoms with Crippen molar-refractivity contribution in [1.82, 2.24) is 4.72 Å². The van der Waals surface area contributed by atoms with E-state index >= 15 is 0 Å². The zero-order valence-corrected chi connectivity index (χ0v) is 10.3. The number of nitrogens with one attached hydrogen (secondary N) is 1. The van der Waals surface area contributed by atoms with Crippen LogP contribution in [-0.2, 0) is 0 Å². The minimum Gasteiger partial charge on any atom is -0.332 e. The molecule has 1 nitrogen and oxygen atoms in total. The normalized spacial score (nSPS) is 8.64. The van der Waals surface area contributed by atoms with Crippen molar-refractivity contribution in [3.63, 3.8) is 0 Å². The van der Waals surface area contributed by atoms with Crippen molar-refractivity contribution in [3.8, 4) is 0 Å². The van der Waals surface area contributed by atoms with Crippen LogP contribution in [0.1, 0.15) is 30.5 Å². The van der Waals surface area contributed by atoms with Gasteiger partial charge in [0.1, 0.15) is 0 Å². The molecular formula is C12H19NS. The molecule has 0 saturated carbocycles. The molecule has 0 fully saturated rings. The van der Waals surface area contributed by atoms with Crippen LogP contribution in [0.15, 0.2) is 24.8 Å². The van der Waals surface area contributed by atoms with E-state index in [4.69, 9.17) is 0 Å². The van der Waals surface area contributed by atoms with Gasteiger partial charge in [-0.1, -0.05) is 57.0 Å². The third-order valence-corrected chi connectivity index (χ3v) is 2.11. The van der Waals surface area contributed by atoms with E-state index in [-0.39, 0.29) is 0 Å². The van der Waals surface area contributed by atoms with Crippen molar-refractivity contribution < 1.29 is 0 Å². The highest BCUT2D eigenvalue weighted by molar-refractivity contribution is 7.78. The van der Waals surface area contributed by atoms with Crippen LogP contribution in [0.25, 0.3) is 5.70 Å². The van der Waals surface area contributed by atoms with Crippen molar-refractivity contribution in [1.29, 1.82) is 0 Å². The Balaban J connectivity index is 0.000000791. The number of hydrogen-bond donors (Lipinski definition) is 2. The highest BCUT2D eigenvalue weighted by Gasteiger charge is 2.00. The molecule has 0 heterocycles. The molecule has 0 spiro atoms. The Kier molecular flexibility index (Phi) is 6.13. The highest BCUT2D eigenvalue weighted by Crippen LogP contribution is 2.16. The molecule has 0 amide bonds. The van der Waals surface area contributed by atoms with Gasteiger partial charge in [-0.3, -0.25) is 0 Å². The summed E-state index contributed by atoms with van der Waals surface area (Å²) in [7, 11) is 0. The number of benzene rings is 1. The molecule has 14 heavy (non-hydrogen) atoms. The van der Waals surface area contributed by atoms with Gasteiger partial charge in [-0.15, -0.1) is 0 Å². The second-order valence-corrected chi connectivity index (χ2v) is 3.13. The number of aryl methyl sites for hydroxylation is 2. The number of hydrogen-bond acceptors (Lipinski definition) is 2. The molecule has 0 radical (unpaired) electrons. The van der Waals surface area contributed by atoms with Crippen molar-refractivity contribution in [2.45, 2.75) is 27.7 Å². The molecule has 0 aromatic heterocycles. The summed E-state index contributed by atoms with van der Waals surface area (Å²) < 4.78 is 2.74. The molecule has 0 saturated heterocycles. The maximum Gasteiger partial charge on any atom is 0.0441 e. The molecule has 2 heteroatoms. The van der Waals surface area contributed by atoms with Crippen LogP contribution in [0, 0.1) is 13.8 Å². The van der Waals surface area contributed by atoms with Crippen molar-refractivity contribution in [3.05, 3.63) is 41.5 Å². The quantitative estimate of drug-likeness (QED) is 0.707. The molecule has 0 aliphatic rings. The predicted molar refractivity (Wildman–Crippen MR) is 68.4 cm³/mol. The molecular weight excluding hydrogens is 190 g/mol. The lowest BCUT2D eigenvalue weighted by Crippen LogP contribution is -1.98. The van der Waals surface area contributed by atoms with E-state index < -0.39 is 0 Å². The monoisotopic (exact) mass is 209 g/mol. The summed E-state index contributed by atoms with van der Waals surface area (Å²) in [5.41, 5.74) is 4.45. The summed E-state index contributed by atoms with van der Waals surface area (Å²) in [6.07, 6.45) is 0. The lowest BCUT2D eigenvalue weighted by Gasteiger charge is -2.08. The average Bonchev–Trinajstić information content (AvgIpc) is 2.20. The predicted octanol–water partition coefficient (Wildman–Crippen LogP) is 3.73. The molecule has 0 bridgehead atoms. The van der Waals surface area contributed by atoms with E-state index in [9.17, 15) is 0 Å². The van der Waals surface area contributed by atoms with Gasteiger partial charge in [0, 0.05) is 11.3 Å². The van der Waals surface area contributed by atoms with E-state index in [2.05, 4.69) is 56.2 Å². The van der Waals surface area contributed by atoms with E-state index in [0.29, 0.717) is 0 Å². The van der Waals surface area contributed by atoms with Crippen LogP contribution in [0.5, 0.6) is 0 Å². The Hall–Kier alpha value is -0.890. The fraction of sp³-hybridized carbons (Fsp3) is 0.333. The molecule has 0 aliphatic heterocycles. The van der Waals surface area contributed by atoms with Crippen molar-refractivity contribution in [2.24, 2.45) is 0 Å². The lowest BCUT2D eigenvalue weighted by atomic mass is 10.0. The van der Waals surface area contributed by atoms with E-state index in [1.54, 1.807) is 0 Å². The fourth-order valence-corrected chi connectivity index (χ4v) is 1.33. The molecule has 1 rings (SSSR count). The van der Waals surface area contributed by atoms with Crippen molar-refractivity contribution in [2.75, 3.05) is 0 Å². The second-order valence-electron chi connectivity index (χ2n) is 2.91. The molecule has 0 atom stereocenters. The van der Waals surface area contributed by atoms with Gasteiger partial charge >= 0.3 is 0 Å². The largest absolute Gasteiger partial charge is 0.332 e. The lowest BCUT2D eigenvalue weighted by molar-refractivity contribution is 1.32. The third kappa shape index (κ3) is 3.46. The topological polar surface area (TPSA) is 12.0 Å². The molecule has 1 aromatic carbocycles. The molecule has 0 aliphatic carbocycles. The summed E-state index contributed by atoms with van der Waals surface area (Å²) >= 11 is 3.95. The van der Waals surface area contributed by atoms with Crippen LogP contribution in [0.2, 0.25) is 0 Å². The van der Waals surface area contributed by atoms with Gasteiger partial charge in [0.25, 0.3) is 0 Å². The zero-order valence-electron chi connectivity index (χ0n) is 9.39. The van der Waals surface area contributed by atoms with Gasteiger partial charge in [0.2, 0.25) is 0 Å². The van der Waals surface area contributed by atoms with Gasteiger partial charge < -0.3 is 4.72 Å². The van der Waals surface area contributed by atoms with Crippen LogP contribution in [0.4, 0.5) is 0 Å². The Morgan fingerprint density at radius 2 is 1.86 bits per heavy atom. The summed E-state index contributed by atoms with van der Waals surface area (Å²) in [4.78, 5) is 0. The Bertz CT molecular complexity index is 305. The third-order valence-electron chi connectivity index (χ3n) is 1.84. The van der Waals surface area contributed by atoms with Gasteiger partial charge in [-0.2, -0.15) is 0 Å². The second kappa shape index (κ2) is 6.55. The van der Waals surface area contributed by atoms with Gasteiger partial charge in [-0.25, -0.2) is 0 Å². The maximum absolute atomic E-state index is 3.95. The first kappa shape index (κ1) is 13.1. The number of rotatable bonds is 2. The van der Waals surface area contributed by atoms with E-state index in [1.165, 1.54) is 11.1 Å². The average molecular weight is 209 g/mol. The number of thiol groups is 1. The summed E-state index contributed by atoms with van der Waals surface area (Å²) in [5.74, 6) is 0. The SMILES string of the molecule is C=C(NS)c1ccc(C)cc1C.CC. The summed E-state index contributed by atoms with van der Waals surface area (Å²) in [6.45, 7) is 12.0. The van der Waals surface area contributed by atoms with E-state index in [1.807, 2.05) is 13.8 Å². The Morgan fingerprint density at radius 3 is 2.29 bits per heavy atom. The minimum absolute atomic E-state index is 0.843. The molecule has 1 aromatic rings. The maximum atomic E-state index is 3.95. The van der Waals surface area contributed by atoms with Crippen LogP contribution < -0.4 is 4.72 Å². The molecule has 1 N–H and O–H groups in total. The van der Waals surface area contributed by atoms with Gasteiger partial charge in [0.05, 0.1) is 0 Å². The fourth-order valence-electron chi connectivity index (χ4n) is 1.21. The minimum atomic E-state index is 0.843. The van der Waals surface area contributed by atoms with Gasteiger partial charge in [0.15, 0.2) is 0 Å². The Labute approximate surface area is 92.8 Å². The van der Waals surface area contributed by atoms with Crippen LogP contribution >= 0.6 is 12.8 Å². The van der Waals surface area contributed by atoms with E-state index in [0.717, 1.165) is 11.3 Å². The van der Waals surface area contributed by atoms with Crippen LogP contribution in [-0.4, -0.2) is 0 Å².